The van der Waals surface area contributed by atoms with Crippen LogP contribution in [-0.2, 0) is 11.2 Å². The van der Waals surface area contributed by atoms with Gasteiger partial charge in [-0.25, -0.2) is 9.18 Å². The summed E-state index contributed by atoms with van der Waals surface area (Å²) in [7, 11) is 0. The number of benzene rings is 1. The largest absolute Gasteiger partial charge is 0.450 e. The number of hydrogen-bond donors (Lipinski definition) is 1. The van der Waals surface area contributed by atoms with E-state index in [-0.39, 0.29) is 5.82 Å². The van der Waals surface area contributed by atoms with Crippen molar-refractivity contribution in [2.24, 2.45) is 0 Å². The number of rotatable bonds is 4. The van der Waals surface area contributed by atoms with Crippen molar-refractivity contribution in [3.8, 4) is 0 Å². The van der Waals surface area contributed by atoms with E-state index in [1.54, 1.807) is 13.0 Å². The molecule has 3 nitrogen and oxygen atoms in total. The molecule has 82 valence electrons. The van der Waals surface area contributed by atoms with Gasteiger partial charge in [0.2, 0.25) is 0 Å². The first kappa shape index (κ1) is 11.5. The van der Waals surface area contributed by atoms with Gasteiger partial charge in [0, 0.05) is 6.54 Å². The molecule has 0 saturated heterocycles. The number of halogens is 1. The molecular formula is C11H14FNO2. The first-order valence-corrected chi connectivity index (χ1v) is 4.87. The highest BCUT2D eigenvalue weighted by Crippen LogP contribution is 2.03. The fraction of sp³-hybridized carbons (Fsp3) is 0.364. The fourth-order valence-corrected chi connectivity index (χ4v) is 1.18. The second-order valence-electron chi connectivity index (χ2n) is 3.03. The maximum absolute atomic E-state index is 12.8. The number of alkyl carbamates (subject to hydrolysis) is 1. The van der Waals surface area contributed by atoms with Crippen LogP contribution in [0.5, 0.6) is 0 Å². The normalized spacial score (nSPS) is 9.73. The van der Waals surface area contributed by atoms with Crippen molar-refractivity contribution in [2.45, 2.75) is 13.3 Å². The van der Waals surface area contributed by atoms with Crippen molar-refractivity contribution in [2.75, 3.05) is 13.2 Å². The Morgan fingerprint density at radius 3 is 3.00 bits per heavy atom. The fourth-order valence-electron chi connectivity index (χ4n) is 1.18. The topological polar surface area (TPSA) is 38.3 Å². The Morgan fingerprint density at radius 1 is 1.53 bits per heavy atom. The average Bonchev–Trinajstić information content (AvgIpc) is 2.18. The Kier molecular flexibility index (Phi) is 4.60. The molecule has 0 bridgehead atoms. The van der Waals surface area contributed by atoms with Gasteiger partial charge in [-0.05, 0) is 31.0 Å². The Labute approximate surface area is 88.2 Å². The molecule has 1 aromatic carbocycles. The lowest BCUT2D eigenvalue weighted by atomic mass is 10.1. The van der Waals surface area contributed by atoms with Gasteiger partial charge in [-0.1, -0.05) is 12.1 Å². The van der Waals surface area contributed by atoms with E-state index in [1.807, 2.05) is 6.07 Å². The molecule has 1 N–H and O–H groups in total. The summed E-state index contributed by atoms with van der Waals surface area (Å²) in [6, 6.07) is 6.31. The molecule has 0 radical (unpaired) electrons. The molecule has 1 amide bonds. The third-order valence-corrected chi connectivity index (χ3v) is 1.85. The molecule has 15 heavy (non-hydrogen) atoms. The number of nitrogens with one attached hydrogen (secondary N) is 1. The van der Waals surface area contributed by atoms with Crippen molar-refractivity contribution in [3.05, 3.63) is 35.6 Å². The van der Waals surface area contributed by atoms with Crippen LogP contribution in [0.3, 0.4) is 0 Å². The Balaban J connectivity index is 2.28. The third-order valence-electron chi connectivity index (χ3n) is 1.85. The van der Waals surface area contributed by atoms with Gasteiger partial charge in [-0.2, -0.15) is 0 Å². The van der Waals surface area contributed by atoms with Crippen LogP contribution in [0.15, 0.2) is 24.3 Å². The van der Waals surface area contributed by atoms with E-state index in [0.29, 0.717) is 19.6 Å². The minimum Gasteiger partial charge on any atom is -0.450 e. The summed E-state index contributed by atoms with van der Waals surface area (Å²) in [4.78, 5) is 10.9. The highest BCUT2D eigenvalue weighted by molar-refractivity contribution is 5.67. The summed E-state index contributed by atoms with van der Waals surface area (Å²) >= 11 is 0. The number of carbonyl (C=O) groups excluding carboxylic acids is 1. The zero-order chi connectivity index (χ0) is 11.1. The van der Waals surface area contributed by atoms with Gasteiger partial charge in [0.15, 0.2) is 0 Å². The van der Waals surface area contributed by atoms with Crippen molar-refractivity contribution < 1.29 is 13.9 Å². The molecule has 1 aromatic rings. The summed E-state index contributed by atoms with van der Waals surface area (Å²) in [6.07, 6.45) is 0.158. The van der Waals surface area contributed by atoms with Crippen LogP contribution in [0.25, 0.3) is 0 Å². The van der Waals surface area contributed by atoms with Crippen LogP contribution in [0.1, 0.15) is 12.5 Å². The summed E-state index contributed by atoms with van der Waals surface area (Å²) in [5, 5.41) is 2.57. The second-order valence-corrected chi connectivity index (χ2v) is 3.03. The zero-order valence-corrected chi connectivity index (χ0v) is 8.63. The minimum absolute atomic E-state index is 0.261. The predicted molar refractivity (Wildman–Crippen MR) is 55.1 cm³/mol. The highest BCUT2D eigenvalue weighted by Gasteiger charge is 1.99. The Bertz CT molecular complexity index is 328. The van der Waals surface area contributed by atoms with E-state index in [1.165, 1.54) is 12.1 Å². The van der Waals surface area contributed by atoms with Crippen LogP contribution in [0.4, 0.5) is 9.18 Å². The maximum atomic E-state index is 12.8. The van der Waals surface area contributed by atoms with Crippen LogP contribution >= 0.6 is 0 Å². The summed E-state index contributed by atoms with van der Waals surface area (Å²) in [5.74, 6) is -0.261. The maximum Gasteiger partial charge on any atom is 0.407 e. The van der Waals surface area contributed by atoms with Crippen molar-refractivity contribution >= 4 is 6.09 Å². The van der Waals surface area contributed by atoms with E-state index < -0.39 is 6.09 Å². The number of hydrogen-bond acceptors (Lipinski definition) is 2. The zero-order valence-electron chi connectivity index (χ0n) is 8.63. The van der Waals surface area contributed by atoms with Crippen molar-refractivity contribution in [1.82, 2.24) is 5.32 Å². The lowest BCUT2D eigenvalue weighted by Crippen LogP contribution is -2.26. The van der Waals surface area contributed by atoms with E-state index in [4.69, 9.17) is 0 Å². The Hall–Kier alpha value is -1.58. The van der Waals surface area contributed by atoms with E-state index in [2.05, 4.69) is 10.1 Å². The summed E-state index contributed by atoms with van der Waals surface area (Å²) in [6.45, 7) is 2.54. The summed E-state index contributed by atoms with van der Waals surface area (Å²) in [5.41, 5.74) is 0.854. The minimum atomic E-state index is -0.436. The van der Waals surface area contributed by atoms with Crippen LogP contribution in [-0.4, -0.2) is 19.2 Å². The van der Waals surface area contributed by atoms with E-state index in [9.17, 15) is 9.18 Å². The molecular weight excluding hydrogens is 197 g/mol. The van der Waals surface area contributed by atoms with Crippen molar-refractivity contribution in [1.29, 1.82) is 0 Å². The monoisotopic (exact) mass is 211 g/mol. The lowest BCUT2D eigenvalue weighted by molar-refractivity contribution is 0.152. The van der Waals surface area contributed by atoms with Crippen LogP contribution in [0, 0.1) is 5.82 Å². The summed E-state index contributed by atoms with van der Waals surface area (Å²) < 4.78 is 17.4. The second kappa shape index (κ2) is 6.01. The standard InChI is InChI=1S/C11H14FNO2/c1-2-15-11(14)13-7-6-9-4-3-5-10(12)8-9/h3-5,8H,2,6-7H2,1H3,(H,13,14). The first-order chi connectivity index (χ1) is 7.22. The lowest BCUT2D eigenvalue weighted by Gasteiger charge is -2.04. The Morgan fingerprint density at radius 2 is 2.33 bits per heavy atom. The van der Waals surface area contributed by atoms with Gasteiger partial charge >= 0.3 is 6.09 Å². The number of ether oxygens (including phenoxy) is 1. The number of amides is 1. The molecule has 0 fully saturated rings. The molecule has 4 heteroatoms. The average molecular weight is 211 g/mol. The molecule has 1 rings (SSSR count). The molecule has 0 atom stereocenters. The van der Waals surface area contributed by atoms with Gasteiger partial charge in [-0.15, -0.1) is 0 Å². The third kappa shape index (κ3) is 4.44. The molecule has 0 spiro atoms. The van der Waals surface area contributed by atoms with Crippen LogP contribution < -0.4 is 5.32 Å². The van der Waals surface area contributed by atoms with Gasteiger partial charge < -0.3 is 10.1 Å². The SMILES string of the molecule is CCOC(=O)NCCc1cccc(F)c1. The first-order valence-electron chi connectivity index (χ1n) is 4.87. The van der Waals surface area contributed by atoms with E-state index >= 15 is 0 Å². The van der Waals surface area contributed by atoms with Gasteiger partial charge in [0.25, 0.3) is 0 Å². The number of carbonyl (C=O) groups is 1. The van der Waals surface area contributed by atoms with Gasteiger partial charge in [-0.3, -0.25) is 0 Å². The molecule has 0 aliphatic heterocycles. The molecule has 0 aliphatic rings. The smallest absolute Gasteiger partial charge is 0.407 e. The molecule has 0 unspecified atom stereocenters. The van der Waals surface area contributed by atoms with Crippen molar-refractivity contribution in [3.63, 3.8) is 0 Å². The van der Waals surface area contributed by atoms with Gasteiger partial charge in [0.1, 0.15) is 5.82 Å². The molecule has 0 aliphatic carbocycles. The quantitative estimate of drug-likeness (QED) is 0.828. The highest BCUT2D eigenvalue weighted by atomic mass is 19.1. The van der Waals surface area contributed by atoms with Gasteiger partial charge in [0.05, 0.1) is 6.61 Å². The van der Waals surface area contributed by atoms with E-state index in [0.717, 1.165) is 5.56 Å². The molecule has 0 aromatic heterocycles. The molecule has 0 heterocycles. The van der Waals surface area contributed by atoms with Crippen LogP contribution in [0.2, 0.25) is 0 Å². The molecule has 0 saturated carbocycles. The predicted octanol–water partition coefficient (Wildman–Crippen LogP) is 2.11.